The molecule has 2 aliphatic rings. The number of nitrogens with zero attached hydrogens (tertiary/aromatic N) is 3. The fourth-order valence-electron chi connectivity index (χ4n) is 3.99. The van der Waals surface area contributed by atoms with Gasteiger partial charge in [-0.2, -0.15) is 12.7 Å². The van der Waals surface area contributed by atoms with Crippen molar-refractivity contribution in [1.82, 2.24) is 18.8 Å². The van der Waals surface area contributed by atoms with E-state index in [9.17, 15) is 8.42 Å². The number of hydrogen-bond acceptors (Lipinski definition) is 4. The van der Waals surface area contributed by atoms with E-state index in [0.717, 1.165) is 39.0 Å². The Labute approximate surface area is 158 Å². The highest BCUT2D eigenvalue weighted by molar-refractivity contribution is 7.87. The zero-order valence-corrected chi connectivity index (χ0v) is 16.8. The van der Waals surface area contributed by atoms with Crippen LogP contribution >= 0.6 is 0 Å². The Balaban J connectivity index is 1.57. The molecule has 0 bridgehead atoms. The van der Waals surface area contributed by atoms with Crippen molar-refractivity contribution in [3.05, 3.63) is 35.9 Å². The van der Waals surface area contributed by atoms with Crippen LogP contribution in [-0.2, 0) is 10.2 Å². The normalized spacial score (nSPS) is 26.8. The van der Waals surface area contributed by atoms with E-state index >= 15 is 0 Å². The Morgan fingerprint density at radius 3 is 2.62 bits per heavy atom. The van der Waals surface area contributed by atoms with Gasteiger partial charge in [-0.1, -0.05) is 37.3 Å². The van der Waals surface area contributed by atoms with E-state index in [2.05, 4.69) is 52.8 Å². The Hall–Kier alpha value is -0.990. The zero-order chi connectivity index (χ0) is 18.6. The molecular weight excluding hydrogens is 348 g/mol. The molecule has 0 amide bonds. The Morgan fingerprint density at radius 2 is 1.88 bits per heavy atom. The number of hydrogen-bond donors (Lipinski definition) is 1. The summed E-state index contributed by atoms with van der Waals surface area (Å²) in [6.45, 7) is 7.53. The van der Waals surface area contributed by atoms with Gasteiger partial charge in [-0.05, 0) is 31.4 Å². The second-order valence-electron chi connectivity index (χ2n) is 7.73. The van der Waals surface area contributed by atoms with Gasteiger partial charge in [0.1, 0.15) is 0 Å². The molecule has 0 spiro atoms. The van der Waals surface area contributed by atoms with Crippen LogP contribution in [0.4, 0.5) is 0 Å². The number of nitrogens with one attached hydrogen (secondary N) is 1. The van der Waals surface area contributed by atoms with Gasteiger partial charge in [0.05, 0.1) is 0 Å². The van der Waals surface area contributed by atoms with E-state index in [1.165, 1.54) is 5.56 Å². The summed E-state index contributed by atoms with van der Waals surface area (Å²) in [5, 5.41) is 0. The maximum absolute atomic E-state index is 12.6. The third kappa shape index (κ3) is 5.04. The van der Waals surface area contributed by atoms with Gasteiger partial charge in [-0.15, -0.1) is 0 Å². The smallest absolute Gasteiger partial charge is 0.279 e. The molecule has 6 nitrogen and oxygen atoms in total. The van der Waals surface area contributed by atoms with Crippen LogP contribution in [0, 0.1) is 5.92 Å². The molecule has 0 saturated carbocycles. The fourth-order valence-corrected chi connectivity index (χ4v) is 5.34. The third-order valence-corrected chi connectivity index (χ3v) is 7.10. The quantitative estimate of drug-likeness (QED) is 0.813. The van der Waals surface area contributed by atoms with Crippen LogP contribution in [0.25, 0.3) is 0 Å². The molecular formula is C19H32N4O2S. The van der Waals surface area contributed by atoms with Crippen LogP contribution in [-0.4, -0.2) is 75.4 Å². The van der Waals surface area contributed by atoms with E-state index in [1.807, 2.05) is 6.07 Å². The molecule has 2 unspecified atom stereocenters. The van der Waals surface area contributed by atoms with Crippen molar-refractivity contribution >= 4 is 10.2 Å². The standard InChI is InChI=1S/C19H32N4O2S/c1-17-7-6-11-23(15-17)26(24,25)20-10-12-22-14-13-21(2)16-19(22)18-8-4-3-5-9-18/h3-5,8-9,17,19-20H,6-7,10-16H2,1-2H3. The van der Waals surface area contributed by atoms with Crippen LogP contribution in [0.2, 0.25) is 0 Å². The Morgan fingerprint density at radius 1 is 1.12 bits per heavy atom. The summed E-state index contributed by atoms with van der Waals surface area (Å²) in [6, 6.07) is 10.8. The molecule has 146 valence electrons. The van der Waals surface area contributed by atoms with Gasteiger partial charge in [-0.3, -0.25) is 4.90 Å². The molecule has 0 aliphatic carbocycles. The molecule has 2 atom stereocenters. The van der Waals surface area contributed by atoms with Crippen molar-refractivity contribution in [2.75, 3.05) is 52.9 Å². The van der Waals surface area contributed by atoms with Gasteiger partial charge in [0, 0.05) is 51.9 Å². The van der Waals surface area contributed by atoms with Gasteiger partial charge >= 0.3 is 0 Å². The summed E-state index contributed by atoms with van der Waals surface area (Å²) >= 11 is 0. The van der Waals surface area contributed by atoms with Crippen LogP contribution in [0.3, 0.4) is 0 Å². The fraction of sp³-hybridized carbons (Fsp3) is 0.684. The lowest BCUT2D eigenvalue weighted by Crippen LogP contribution is -2.50. The molecule has 1 N–H and O–H groups in total. The molecule has 2 heterocycles. The summed E-state index contributed by atoms with van der Waals surface area (Å²) in [6.07, 6.45) is 2.07. The topological polar surface area (TPSA) is 55.9 Å². The Kier molecular flexibility index (Phi) is 6.69. The monoisotopic (exact) mass is 380 g/mol. The highest BCUT2D eigenvalue weighted by atomic mass is 32.2. The van der Waals surface area contributed by atoms with E-state index in [-0.39, 0.29) is 0 Å². The molecule has 1 aromatic carbocycles. The van der Waals surface area contributed by atoms with Crippen LogP contribution in [0.5, 0.6) is 0 Å². The van der Waals surface area contributed by atoms with Crippen LogP contribution in [0.15, 0.2) is 30.3 Å². The lowest BCUT2D eigenvalue weighted by atomic mass is 10.0. The number of piperazine rings is 1. The van der Waals surface area contributed by atoms with Gasteiger partial charge in [0.2, 0.25) is 0 Å². The SMILES string of the molecule is CC1CCCN(S(=O)(=O)NCCN2CCN(C)CC2c2ccccc2)C1. The van der Waals surface area contributed by atoms with E-state index in [0.29, 0.717) is 31.6 Å². The van der Waals surface area contributed by atoms with Gasteiger partial charge < -0.3 is 4.90 Å². The second-order valence-corrected chi connectivity index (χ2v) is 9.48. The number of benzene rings is 1. The minimum atomic E-state index is -3.36. The van der Waals surface area contributed by atoms with E-state index in [4.69, 9.17) is 0 Å². The molecule has 1 aromatic rings. The van der Waals surface area contributed by atoms with E-state index in [1.54, 1.807) is 4.31 Å². The van der Waals surface area contributed by atoms with Gasteiger partial charge in [0.25, 0.3) is 10.2 Å². The largest absolute Gasteiger partial charge is 0.303 e. The summed E-state index contributed by atoms with van der Waals surface area (Å²) in [7, 11) is -1.22. The average molecular weight is 381 g/mol. The van der Waals surface area contributed by atoms with Crippen molar-refractivity contribution in [3.63, 3.8) is 0 Å². The highest BCUT2D eigenvalue weighted by Crippen LogP contribution is 2.24. The minimum Gasteiger partial charge on any atom is -0.303 e. The molecule has 2 fully saturated rings. The Bertz CT molecular complexity index is 667. The van der Waals surface area contributed by atoms with Gasteiger partial charge in [0.15, 0.2) is 0 Å². The van der Waals surface area contributed by atoms with Crippen LogP contribution in [0.1, 0.15) is 31.4 Å². The second kappa shape index (κ2) is 8.80. The first kappa shape index (κ1) is 19.8. The summed E-state index contributed by atoms with van der Waals surface area (Å²) in [5.41, 5.74) is 1.30. The lowest BCUT2D eigenvalue weighted by Gasteiger charge is -2.40. The van der Waals surface area contributed by atoms with Gasteiger partial charge in [-0.25, -0.2) is 4.72 Å². The lowest BCUT2D eigenvalue weighted by molar-refractivity contribution is 0.0918. The number of rotatable bonds is 6. The summed E-state index contributed by atoms with van der Waals surface area (Å²) < 4.78 is 29.6. The van der Waals surface area contributed by atoms with Crippen molar-refractivity contribution in [2.45, 2.75) is 25.8 Å². The molecule has 3 rings (SSSR count). The third-order valence-electron chi connectivity index (χ3n) is 5.52. The summed E-state index contributed by atoms with van der Waals surface area (Å²) in [5.74, 6) is 0.445. The van der Waals surface area contributed by atoms with Crippen molar-refractivity contribution < 1.29 is 8.42 Å². The van der Waals surface area contributed by atoms with Crippen molar-refractivity contribution in [1.29, 1.82) is 0 Å². The van der Waals surface area contributed by atoms with E-state index < -0.39 is 10.2 Å². The predicted molar refractivity (Wildman–Crippen MR) is 105 cm³/mol. The predicted octanol–water partition coefficient (Wildman–Crippen LogP) is 1.54. The first-order valence-electron chi connectivity index (χ1n) is 9.68. The highest BCUT2D eigenvalue weighted by Gasteiger charge is 2.29. The molecule has 2 saturated heterocycles. The average Bonchev–Trinajstić information content (AvgIpc) is 2.63. The molecule has 0 aromatic heterocycles. The number of likely N-dealkylation sites (N-methyl/N-ethyl adjacent to an activating group) is 1. The number of piperidine rings is 1. The van der Waals surface area contributed by atoms with Crippen LogP contribution < -0.4 is 4.72 Å². The molecule has 26 heavy (non-hydrogen) atoms. The maximum atomic E-state index is 12.6. The van der Waals surface area contributed by atoms with Crippen molar-refractivity contribution in [3.8, 4) is 0 Å². The summed E-state index contributed by atoms with van der Waals surface area (Å²) in [4.78, 5) is 4.74. The zero-order valence-electron chi connectivity index (χ0n) is 16.0. The molecule has 7 heteroatoms. The molecule has 2 aliphatic heterocycles. The van der Waals surface area contributed by atoms with Crippen molar-refractivity contribution in [2.24, 2.45) is 5.92 Å². The first-order valence-corrected chi connectivity index (χ1v) is 11.1. The minimum absolute atomic E-state index is 0.314. The molecule has 0 radical (unpaired) electrons. The first-order chi connectivity index (χ1) is 12.5. The maximum Gasteiger partial charge on any atom is 0.279 e.